The molecule has 0 heterocycles. The third kappa shape index (κ3) is 303. The van der Waals surface area contributed by atoms with Gasteiger partial charge in [0, 0.05) is 1200 Å². The maximum atomic E-state index is 1.50. The van der Waals surface area contributed by atoms with Gasteiger partial charge in [0.2, 0.25) is 0 Å². The summed E-state index contributed by atoms with van der Waals surface area (Å²) in [4.78, 5) is 0. The fourth-order valence-electron chi connectivity index (χ4n) is 0. The van der Waals surface area contributed by atoms with Crippen molar-refractivity contribution in [2.24, 2.45) is 0 Å². The molecule has 0 bridgehead atoms. The van der Waals surface area contributed by atoms with Crippen molar-refractivity contribution in [3.05, 3.63) is 0 Å². The summed E-state index contributed by atoms with van der Waals surface area (Å²) in [5, 5.41) is 0. The SMILES string of the molecule is [Ca].[Ca].[Ca].[Ca].[Ca].[Ca].[Ca].[Ca].[Ca].[Ca].[Ca].[Ca].[Ca].[Ca].[Ca].[Ca].[Ca].[Ca].[Ca][Ca].[Li].[Li].[Mg].[Mg].[Sb].[Sb].[Sb].[Sb].[Sb].[Sb].[Sb].[Sb].[Sb].[Sb].[Sb].[Sb].[Sb].[Sb].[Sb].[Sb].[Sb].[Sb]. The van der Waals surface area contributed by atoms with Gasteiger partial charge >= 0.3 is 51.9 Å². The average molecular weight is 3060 g/mol. The monoisotopic (exact) mass is 3040 g/mol. The van der Waals surface area contributed by atoms with Crippen LogP contribution in [0.2, 0.25) is 0 Å². The van der Waals surface area contributed by atoms with E-state index in [1.165, 1.54) is 51.9 Å². The van der Waals surface area contributed by atoms with Crippen molar-refractivity contribution in [3.63, 3.8) is 0 Å². The van der Waals surface area contributed by atoms with E-state index in [9.17, 15) is 0 Å². The smallest absolute Gasteiger partial charge is 0 e. The van der Waals surface area contributed by atoms with Crippen molar-refractivity contribution >= 4 is 1250 Å². The van der Waals surface area contributed by atoms with Crippen molar-refractivity contribution < 1.29 is 0 Å². The van der Waals surface area contributed by atoms with Gasteiger partial charge < -0.3 is 0 Å². The van der Waals surface area contributed by atoms with E-state index in [0.717, 1.165) is 0 Å². The summed E-state index contributed by atoms with van der Waals surface area (Å²) in [6, 6.07) is 0. The van der Waals surface area contributed by atoms with Gasteiger partial charge in [0.05, 0.1) is 0 Å². The molecule has 0 saturated carbocycles. The molecule has 136 valence electrons. The molecular weight excluding hydrogens is 3060 g/mol. The molecule has 0 fully saturated rings. The van der Waals surface area contributed by atoms with Crippen LogP contribution in [-0.2, 0) is 0 Å². The van der Waals surface area contributed by atoms with Gasteiger partial charge in [0.15, 0.2) is 0 Å². The number of hydrogen-bond donors (Lipinski definition) is 0. The fourth-order valence-corrected chi connectivity index (χ4v) is 0. The Kier molecular flexibility index (Phi) is 2330. The first-order chi connectivity index (χ1) is 1.00. The van der Waals surface area contributed by atoms with Crippen LogP contribution in [-0.4, -0.2) is 1250 Å². The zero-order valence-corrected chi connectivity index (χ0v) is 119. The minimum Gasteiger partial charge on any atom is 0 e. The van der Waals surface area contributed by atoms with Gasteiger partial charge in [-0.15, -0.1) is 0 Å². The standard InChI is InChI=1S/20Ca.2Li.2Mg.18Sb. The molecule has 0 aromatic heterocycles. The Morgan fingerprint density at radius 1 is 0.143 bits per heavy atom. The predicted octanol–water partition coefficient (Wildman–Crippen LogP) is -16.0. The van der Waals surface area contributed by atoms with Crippen LogP contribution in [0.4, 0.5) is 0 Å². The molecular formula is Ca20Li2Mg2Sb18. The first-order valence-electron chi connectivity index (χ1n) is 0.500. The van der Waals surface area contributed by atoms with Crippen molar-refractivity contribution in [2.75, 3.05) is 0 Å². The maximum absolute atomic E-state index is 1.50. The Bertz CT molecular complexity index is 61.0. The van der Waals surface area contributed by atoms with Crippen LogP contribution in [0.25, 0.3) is 0 Å². The molecule has 0 aliphatic rings. The molecule has 42 heavy (non-hydrogen) atoms. The number of rotatable bonds is 0. The Labute approximate surface area is 1210 Å². The Balaban J connectivity index is -0.00000000000641. The topological polar surface area (TPSA) is 0 Å². The normalized spacial score (nSPS) is 0.0476. The molecule has 0 aliphatic carbocycles. The second-order valence-corrected chi connectivity index (χ2v) is 0. The van der Waals surface area contributed by atoms with Gasteiger partial charge in [-0.25, -0.2) is 0 Å². The van der Waals surface area contributed by atoms with E-state index in [1.54, 1.807) is 0 Å². The molecule has 0 rings (SSSR count). The minimum atomic E-state index is 0. The average Bonchev–Trinajstić information content (AvgIpc) is 1.00. The van der Waals surface area contributed by atoms with E-state index in [2.05, 4.69) is 0 Å². The molecule has 0 saturated heterocycles. The molecule has 0 aromatic carbocycles. The summed E-state index contributed by atoms with van der Waals surface area (Å²) < 4.78 is 0. The summed E-state index contributed by atoms with van der Waals surface area (Å²) in [6.45, 7) is 0. The molecule has 98 radical (unpaired) electrons. The van der Waals surface area contributed by atoms with Gasteiger partial charge in [0.25, 0.3) is 0 Å². The van der Waals surface area contributed by atoms with Crippen molar-refractivity contribution in [3.8, 4) is 0 Å². The minimum absolute atomic E-state index is 0. The van der Waals surface area contributed by atoms with Crippen LogP contribution >= 0.6 is 0 Å². The van der Waals surface area contributed by atoms with Crippen LogP contribution in [0.1, 0.15) is 0 Å². The van der Waals surface area contributed by atoms with E-state index in [4.69, 9.17) is 0 Å². The molecule has 0 amide bonds. The van der Waals surface area contributed by atoms with Gasteiger partial charge in [0.1, 0.15) is 0 Å². The molecule has 0 N–H and O–H groups in total. The third-order valence-electron chi connectivity index (χ3n) is 0. The van der Waals surface area contributed by atoms with Crippen LogP contribution in [0.5, 0.6) is 0 Å². The largest absolute Gasteiger partial charge is 0 e. The molecule has 0 spiro atoms. The second kappa shape index (κ2) is 314. The summed E-state index contributed by atoms with van der Waals surface area (Å²) in [7, 11) is 0. The van der Waals surface area contributed by atoms with Gasteiger partial charge in [-0.05, 0) is 0 Å². The zero-order chi connectivity index (χ0) is 2.00. The third-order valence-corrected chi connectivity index (χ3v) is 0. The quantitative estimate of drug-likeness (QED) is 0.212. The maximum Gasteiger partial charge on any atom is 0 e. The van der Waals surface area contributed by atoms with Crippen LogP contribution in [0.15, 0.2) is 0 Å². The van der Waals surface area contributed by atoms with E-state index in [-0.39, 0.29) is 1200 Å². The number of hydrogen-bond acceptors (Lipinski definition) is 0. The Morgan fingerprint density at radius 2 is 0.143 bits per heavy atom. The van der Waals surface area contributed by atoms with Gasteiger partial charge in [-0.1, -0.05) is 0 Å². The summed E-state index contributed by atoms with van der Waals surface area (Å²) in [5.41, 5.74) is 0. The van der Waals surface area contributed by atoms with Gasteiger partial charge in [-0.3, -0.25) is 0 Å². The second-order valence-electron chi connectivity index (χ2n) is 0. The predicted molar refractivity (Wildman–Crippen MR) is 242 cm³/mol. The van der Waals surface area contributed by atoms with Crippen molar-refractivity contribution in [2.45, 2.75) is 0 Å². The molecule has 0 nitrogen and oxygen atoms in total. The summed E-state index contributed by atoms with van der Waals surface area (Å²) >= 11 is 3.00. The molecule has 0 aromatic rings. The Morgan fingerprint density at radius 3 is 0.143 bits per heavy atom. The molecule has 0 atom stereocenters. The van der Waals surface area contributed by atoms with E-state index >= 15 is 0 Å². The van der Waals surface area contributed by atoms with Gasteiger partial charge in [-0.2, -0.15) is 0 Å². The van der Waals surface area contributed by atoms with E-state index in [0.29, 0.717) is 0 Å². The fraction of sp³-hybridized carbons (Fsp3) is 0. The summed E-state index contributed by atoms with van der Waals surface area (Å²) in [5.74, 6) is 0. The van der Waals surface area contributed by atoms with E-state index < -0.39 is 0 Å². The van der Waals surface area contributed by atoms with Crippen molar-refractivity contribution in [1.29, 1.82) is 0 Å². The zero-order valence-electron chi connectivity index (χ0n) is 25.6. The van der Waals surface area contributed by atoms with Crippen LogP contribution in [0, 0.1) is 0 Å². The van der Waals surface area contributed by atoms with E-state index in [1.807, 2.05) is 0 Å². The Hall–Kier alpha value is 42.6. The van der Waals surface area contributed by atoms with Crippen molar-refractivity contribution in [1.82, 2.24) is 0 Å². The molecule has 0 unspecified atom stereocenters. The molecule has 0 aliphatic heterocycles. The summed E-state index contributed by atoms with van der Waals surface area (Å²) in [6.07, 6.45) is 0. The first kappa shape index (κ1) is 311. The molecule has 42 heteroatoms. The first-order valence-corrected chi connectivity index (χ1v) is 8.50. The van der Waals surface area contributed by atoms with Crippen LogP contribution in [0.3, 0.4) is 0 Å². The van der Waals surface area contributed by atoms with Crippen LogP contribution < -0.4 is 0 Å².